The van der Waals surface area contributed by atoms with Crippen LogP contribution in [-0.4, -0.2) is 28.6 Å². The molecule has 0 saturated heterocycles. The third kappa shape index (κ3) is 3.68. The number of aromatic nitrogens is 1. The molecule has 20 heavy (non-hydrogen) atoms. The van der Waals surface area contributed by atoms with Crippen LogP contribution < -0.4 is 5.32 Å². The summed E-state index contributed by atoms with van der Waals surface area (Å²) < 4.78 is 5.50. The lowest BCUT2D eigenvalue weighted by Gasteiger charge is -2.13. The highest BCUT2D eigenvalue weighted by atomic mass is 32.1. The number of aryl methyl sites for hydroxylation is 1. The molecule has 0 fully saturated rings. The molecule has 0 aliphatic carbocycles. The van der Waals surface area contributed by atoms with E-state index in [2.05, 4.69) is 10.3 Å². The Bertz CT molecular complexity index is 572. The molecule has 0 aromatic carbocycles. The molecule has 0 radical (unpaired) electrons. The van der Waals surface area contributed by atoms with Crippen molar-refractivity contribution in [3.8, 4) is 10.8 Å². The molecule has 0 saturated carbocycles. The summed E-state index contributed by atoms with van der Waals surface area (Å²) in [4.78, 5) is 16.2. The molecular weight excluding hydrogens is 276 g/mol. The zero-order valence-electron chi connectivity index (χ0n) is 11.5. The van der Waals surface area contributed by atoms with Crippen LogP contribution in [0.3, 0.4) is 0 Å². The van der Waals surface area contributed by atoms with Gasteiger partial charge in [-0.05, 0) is 25.5 Å². The van der Waals surface area contributed by atoms with Crippen molar-refractivity contribution in [3.63, 3.8) is 0 Å². The molecule has 2 aromatic heterocycles. The minimum atomic E-state index is -0.187. The first kappa shape index (κ1) is 14.7. The summed E-state index contributed by atoms with van der Waals surface area (Å²) in [7, 11) is 0. The van der Waals surface area contributed by atoms with E-state index in [9.17, 15) is 4.79 Å². The van der Waals surface area contributed by atoms with Crippen LogP contribution in [0.15, 0.2) is 21.9 Å². The van der Waals surface area contributed by atoms with Crippen LogP contribution in [0.1, 0.15) is 24.8 Å². The van der Waals surface area contributed by atoms with Gasteiger partial charge >= 0.3 is 0 Å². The minimum absolute atomic E-state index is 0.0454. The van der Waals surface area contributed by atoms with Crippen molar-refractivity contribution in [2.24, 2.45) is 0 Å². The van der Waals surface area contributed by atoms with E-state index in [0.717, 1.165) is 16.5 Å². The van der Waals surface area contributed by atoms with Crippen LogP contribution in [-0.2, 0) is 11.2 Å². The molecule has 108 valence electrons. The zero-order valence-corrected chi connectivity index (χ0v) is 12.4. The smallest absolute Gasteiger partial charge is 0.226 e. The number of furan rings is 1. The first-order chi connectivity index (χ1) is 9.62. The molecule has 1 amide bonds. The van der Waals surface area contributed by atoms with Gasteiger partial charge in [0.25, 0.3) is 0 Å². The monoisotopic (exact) mass is 294 g/mol. The number of nitrogens with zero attached hydrogens (tertiary/aromatic N) is 1. The van der Waals surface area contributed by atoms with E-state index in [4.69, 9.17) is 9.52 Å². The fourth-order valence-corrected chi connectivity index (χ4v) is 2.55. The number of aliphatic hydroxyl groups excluding tert-OH is 1. The molecular formula is C14H18N2O3S. The largest absolute Gasteiger partial charge is 0.459 e. The lowest BCUT2D eigenvalue weighted by molar-refractivity contribution is -0.121. The molecule has 0 aliphatic rings. The molecule has 1 atom stereocenters. The zero-order chi connectivity index (χ0) is 14.5. The van der Waals surface area contributed by atoms with Crippen LogP contribution in [0, 0.1) is 6.92 Å². The van der Waals surface area contributed by atoms with Crippen molar-refractivity contribution >= 4 is 17.2 Å². The van der Waals surface area contributed by atoms with E-state index in [-0.39, 0.29) is 25.0 Å². The number of aliphatic hydroxyl groups is 1. The van der Waals surface area contributed by atoms with Crippen molar-refractivity contribution in [1.82, 2.24) is 10.3 Å². The van der Waals surface area contributed by atoms with Gasteiger partial charge < -0.3 is 14.8 Å². The fraction of sp³-hybridized carbons (Fsp3) is 0.429. The molecule has 5 nitrogen and oxygen atoms in total. The Kier molecular flexibility index (Phi) is 4.92. The molecule has 1 unspecified atom stereocenters. The van der Waals surface area contributed by atoms with E-state index < -0.39 is 0 Å². The molecule has 0 aliphatic heterocycles. The van der Waals surface area contributed by atoms with Gasteiger partial charge in [-0.2, -0.15) is 0 Å². The quantitative estimate of drug-likeness (QED) is 0.856. The summed E-state index contributed by atoms with van der Waals surface area (Å²) >= 11 is 1.45. The molecule has 0 bridgehead atoms. The van der Waals surface area contributed by atoms with E-state index in [1.807, 2.05) is 31.4 Å². The van der Waals surface area contributed by atoms with Gasteiger partial charge in [0.05, 0.1) is 24.8 Å². The third-order valence-corrected chi connectivity index (χ3v) is 3.83. The SMILES string of the molecule is CCC(CO)NC(=O)Cc1csc(-c2ccc(C)o2)n1. The highest BCUT2D eigenvalue weighted by molar-refractivity contribution is 7.13. The second kappa shape index (κ2) is 6.67. The second-order valence-electron chi connectivity index (χ2n) is 4.59. The predicted octanol–water partition coefficient (Wildman–Crippen LogP) is 2.14. The van der Waals surface area contributed by atoms with E-state index in [1.165, 1.54) is 11.3 Å². The molecule has 2 aromatic rings. The number of nitrogens with one attached hydrogen (secondary N) is 1. The second-order valence-corrected chi connectivity index (χ2v) is 5.44. The van der Waals surface area contributed by atoms with Gasteiger partial charge in [-0.3, -0.25) is 4.79 Å². The summed E-state index contributed by atoms with van der Waals surface area (Å²) in [5.41, 5.74) is 0.712. The summed E-state index contributed by atoms with van der Waals surface area (Å²) in [6.45, 7) is 3.75. The molecule has 2 heterocycles. The summed E-state index contributed by atoms with van der Waals surface area (Å²) in [6, 6.07) is 3.57. The van der Waals surface area contributed by atoms with Crippen LogP contribution in [0.4, 0.5) is 0 Å². The normalized spacial score (nSPS) is 12.3. The van der Waals surface area contributed by atoms with Crippen molar-refractivity contribution < 1.29 is 14.3 Å². The maximum absolute atomic E-state index is 11.8. The average molecular weight is 294 g/mol. The van der Waals surface area contributed by atoms with Gasteiger partial charge in [-0.15, -0.1) is 11.3 Å². The Hall–Kier alpha value is -1.66. The van der Waals surface area contributed by atoms with Gasteiger partial charge in [-0.25, -0.2) is 4.98 Å². The Morgan fingerprint density at radius 1 is 1.55 bits per heavy atom. The van der Waals surface area contributed by atoms with Crippen LogP contribution in [0.5, 0.6) is 0 Å². The number of rotatable bonds is 6. The van der Waals surface area contributed by atoms with Crippen LogP contribution >= 0.6 is 11.3 Å². The standard InChI is InChI=1S/C14H18N2O3S/c1-3-10(7-17)15-13(18)6-11-8-20-14(16-11)12-5-4-9(2)19-12/h4-5,8,10,17H,3,6-7H2,1-2H3,(H,15,18). The van der Waals surface area contributed by atoms with Gasteiger partial charge in [-0.1, -0.05) is 6.92 Å². The van der Waals surface area contributed by atoms with Crippen molar-refractivity contribution in [3.05, 3.63) is 29.0 Å². The van der Waals surface area contributed by atoms with Crippen LogP contribution in [0.25, 0.3) is 10.8 Å². The predicted molar refractivity (Wildman–Crippen MR) is 77.6 cm³/mol. The lowest BCUT2D eigenvalue weighted by atomic mass is 10.2. The van der Waals surface area contributed by atoms with Gasteiger partial charge in [0, 0.05) is 5.38 Å². The average Bonchev–Trinajstić information content (AvgIpc) is 3.05. The number of hydrogen-bond acceptors (Lipinski definition) is 5. The van der Waals surface area contributed by atoms with Crippen molar-refractivity contribution in [2.45, 2.75) is 32.7 Å². The minimum Gasteiger partial charge on any atom is -0.459 e. The summed E-state index contributed by atoms with van der Waals surface area (Å²) in [5.74, 6) is 1.43. The maximum Gasteiger partial charge on any atom is 0.226 e. The van der Waals surface area contributed by atoms with E-state index >= 15 is 0 Å². The van der Waals surface area contributed by atoms with Crippen molar-refractivity contribution in [1.29, 1.82) is 0 Å². The Labute approximate surface area is 121 Å². The van der Waals surface area contributed by atoms with E-state index in [1.54, 1.807) is 0 Å². The van der Waals surface area contributed by atoms with Crippen molar-refractivity contribution in [2.75, 3.05) is 6.61 Å². The summed E-state index contributed by atoms with van der Waals surface area (Å²) in [6.07, 6.45) is 0.920. The molecule has 2 rings (SSSR count). The first-order valence-corrected chi connectivity index (χ1v) is 7.41. The number of thiazole rings is 1. The number of carbonyl (C=O) groups is 1. The van der Waals surface area contributed by atoms with Gasteiger partial charge in [0.2, 0.25) is 5.91 Å². The summed E-state index contributed by atoms with van der Waals surface area (Å²) in [5, 5.41) is 14.5. The third-order valence-electron chi connectivity index (χ3n) is 2.92. The first-order valence-electron chi connectivity index (χ1n) is 6.53. The molecule has 6 heteroatoms. The Balaban J connectivity index is 1.97. The Morgan fingerprint density at radius 2 is 2.35 bits per heavy atom. The topological polar surface area (TPSA) is 75.4 Å². The number of hydrogen-bond donors (Lipinski definition) is 2. The maximum atomic E-state index is 11.8. The lowest BCUT2D eigenvalue weighted by Crippen LogP contribution is -2.37. The van der Waals surface area contributed by atoms with Crippen LogP contribution in [0.2, 0.25) is 0 Å². The Morgan fingerprint density at radius 3 is 2.95 bits per heavy atom. The highest BCUT2D eigenvalue weighted by Crippen LogP contribution is 2.25. The highest BCUT2D eigenvalue weighted by Gasteiger charge is 2.13. The number of carbonyl (C=O) groups excluding carboxylic acids is 1. The number of amides is 1. The van der Waals surface area contributed by atoms with Gasteiger partial charge in [0.1, 0.15) is 5.76 Å². The van der Waals surface area contributed by atoms with E-state index in [0.29, 0.717) is 12.1 Å². The molecule has 0 spiro atoms. The fourth-order valence-electron chi connectivity index (χ4n) is 1.77. The molecule has 2 N–H and O–H groups in total. The van der Waals surface area contributed by atoms with Gasteiger partial charge in [0.15, 0.2) is 10.8 Å².